The number of aromatic nitrogens is 2. The second-order valence-electron chi connectivity index (χ2n) is 6.18. The third-order valence-corrected chi connectivity index (χ3v) is 5.59. The zero-order valence-corrected chi connectivity index (χ0v) is 16.1. The van der Waals surface area contributed by atoms with E-state index < -0.39 is 16.1 Å². The SMILES string of the molecule is COc1ccc(C)cc1S(=O)(=O)Nc1ccc(C(O)c2nccn2C)cc1. The summed E-state index contributed by atoms with van der Waals surface area (Å²) in [4.78, 5) is 4.20. The summed E-state index contributed by atoms with van der Waals surface area (Å²) >= 11 is 0. The number of anilines is 1. The molecule has 0 aliphatic carbocycles. The zero-order chi connectivity index (χ0) is 19.6. The highest BCUT2D eigenvalue weighted by Gasteiger charge is 2.20. The van der Waals surface area contributed by atoms with E-state index in [0.29, 0.717) is 17.1 Å². The topological polar surface area (TPSA) is 93.5 Å². The van der Waals surface area contributed by atoms with E-state index in [1.54, 1.807) is 66.5 Å². The summed E-state index contributed by atoms with van der Waals surface area (Å²) in [5.74, 6) is 0.780. The number of rotatable bonds is 6. The largest absolute Gasteiger partial charge is 0.495 e. The molecule has 2 N–H and O–H groups in total. The average Bonchev–Trinajstić information content (AvgIpc) is 3.07. The fourth-order valence-corrected chi connectivity index (χ4v) is 4.04. The zero-order valence-electron chi connectivity index (χ0n) is 15.2. The highest BCUT2D eigenvalue weighted by Crippen LogP contribution is 2.28. The predicted molar refractivity (Wildman–Crippen MR) is 102 cm³/mol. The maximum atomic E-state index is 12.7. The summed E-state index contributed by atoms with van der Waals surface area (Å²) in [7, 11) is -0.593. The molecule has 1 unspecified atom stereocenters. The number of benzene rings is 2. The normalized spacial score (nSPS) is 12.6. The molecule has 8 heteroatoms. The van der Waals surface area contributed by atoms with Crippen LogP contribution in [0.3, 0.4) is 0 Å². The Morgan fingerprint density at radius 1 is 1.19 bits per heavy atom. The molecule has 142 valence electrons. The molecule has 0 bridgehead atoms. The van der Waals surface area contributed by atoms with Crippen LogP contribution in [0.25, 0.3) is 0 Å². The highest BCUT2D eigenvalue weighted by molar-refractivity contribution is 7.92. The van der Waals surface area contributed by atoms with Gasteiger partial charge >= 0.3 is 0 Å². The van der Waals surface area contributed by atoms with Crippen LogP contribution in [0.15, 0.2) is 59.8 Å². The minimum absolute atomic E-state index is 0.0714. The Morgan fingerprint density at radius 3 is 2.48 bits per heavy atom. The Labute approximate surface area is 158 Å². The lowest BCUT2D eigenvalue weighted by Crippen LogP contribution is -2.14. The monoisotopic (exact) mass is 387 g/mol. The lowest BCUT2D eigenvalue weighted by Gasteiger charge is -2.14. The molecule has 1 heterocycles. The van der Waals surface area contributed by atoms with Gasteiger partial charge in [0.25, 0.3) is 10.0 Å². The first-order valence-corrected chi connectivity index (χ1v) is 9.73. The molecule has 1 atom stereocenters. The lowest BCUT2D eigenvalue weighted by molar-refractivity contribution is 0.206. The molecular weight excluding hydrogens is 366 g/mol. The van der Waals surface area contributed by atoms with Crippen molar-refractivity contribution in [3.8, 4) is 5.75 Å². The number of methoxy groups -OCH3 is 1. The molecule has 0 saturated heterocycles. The molecule has 0 saturated carbocycles. The van der Waals surface area contributed by atoms with Gasteiger partial charge in [0.05, 0.1) is 7.11 Å². The summed E-state index contributed by atoms with van der Waals surface area (Å²) in [6.07, 6.45) is 2.46. The Kier molecular flexibility index (Phi) is 5.20. The van der Waals surface area contributed by atoms with Gasteiger partial charge in [-0.3, -0.25) is 4.72 Å². The van der Waals surface area contributed by atoms with Gasteiger partial charge in [-0.2, -0.15) is 0 Å². The van der Waals surface area contributed by atoms with Crippen molar-refractivity contribution >= 4 is 15.7 Å². The van der Waals surface area contributed by atoms with Crippen LogP contribution >= 0.6 is 0 Å². The lowest BCUT2D eigenvalue weighted by atomic mass is 10.1. The van der Waals surface area contributed by atoms with E-state index in [1.165, 1.54) is 7.11 Å². The third-order valence-electron chi connectivity index (χ3n) is 4.19. The van der Waals surface area contributed by atoms with E-state index in [-0.39, 0.29) is 10.6 Å². The first-order chi connectivity index (χ1) is 12.8. The van der Waals surface area contributed by atoms with Crippen molar-refractivity contribution in [1.29, 1.82) is 0 Å². The van der Waals surface area contributed by atoms with Crippen molar-refractivity contribution in [3.63, 3.8) is 0 Å². The van der Waals surface area contributed by atoms with Crippen LogP contribution in [-0.2, 0) is 17.1 Å². The van der Waals surface area contributed by atoms with Crippen molar-refractivity contribution in [2.45, 2.75) is 17.9 Å². The van der Waals surface area contributed by atoms with Gasteiger partial charge in [0.2, 0.25) is 0 Å². The van der Waals surface area contributed by atoms with Gasteiger partial charge in [0.1, 0.15) is 22.6 Å². The maximum Gasteiger partial charge on any atom is 0.265 e. The molecule has 3 aromatic rings. The Hall–Kier alpha value is -2.84. The van der Waals surface area contributed by atoms with Crippen LogP contribution in [0.4, 0.5) is 5.69 Å². The van der Waals surface area contributed by atoms with Gasteiger partial charge in [-0.15, -0.1) is 0 Å². The van der Waals surface area contributed by atoms with Gasteiger partial charge in [-0.05, 0) is 42.3 Å². The Morgan fingerprint density at radius 2 is 1.89 bits per heavy atom. The van der Waals surface area contributed by atoms with Crippen LogP contribution in [0.5, 0.6) is 5.75 Å². The smallest absolute Gasteiger partial charge is 0.265 e. The van der Waals surface area contributed by atoms with E-state index in [9.17, 15) is 13.5 Å². The van der Waals surface area contributed by atoms with E-state index in [4.69, 9.17) is 4.74 Å². The number of hydrogen-bond acceptors (Lipinski definition) is 5. The Balaban J connectivity index is 1.84. The number of aryl methyl sites for hydroxylation is 2. The summed E-state index contributed by atoms with van der Waals surface area (Å²) in [6, 6.07) is 11.5. The maximum absolute atomic E-state index is 12.7. The summed E-state index contributed by atoms with van der Waals surface area (Å²) in [6.45, 7) is 1.81. The summed E-state index contributed by atoms with van der Waals surface area (Å²) < 4.78 is 34.9. The molecular formula is C19H21N3O4S. The quantitative estimate of drug-likeness (QED) is 0.678. The van der Waals surface area contributed by atoms with Crippen molar-refractivity contribution in [3.05, 3.63) is 71.8 Å². The van der Waals surface area contributed by atoms with Gasteiger partial charge in [0.15, 0.2) is 0 Å². The molecule has 0 spiro atoms. The summed E-state index contributed by atoms with van der Waals surface area (Å²) in [5.41, 5.74) is 1.81. The van der Waals surface area contributed by atoms with Crippen molar-refractivity contribution in [1.82, 2.24) is 9.55 Å². The molecule has 0 radical (unpaired) electrons. The minimum atomic E-state index is -3.82. The molecule has 0 aliphatic heterocycles. The van der Waals surface area contributed by atoms with Crippen molar-refractivity contribution in [2.24, 2.45) is 7.05 Å². The Bertz CT molecular complexity index is 1040. The van der Waals surface area contributed by atoms with Gasteiger partial charge in [-0.1, -0.05) is 18.2 Å². The van der Waals surface area contributed by atoms with E-state index in [1.807, 2.05) is 6.92 Å². The van der Waals surface area contributed by atoms with Gasteiger partial charge < -0.3 is 14.4 Å². The molecule has 3 rings (SSSR count). The molecule has 2 aromatic carbocycles. The number of nitrogens with one attached hydrogen (secondary N) is 1. The fourth-order valence-electron chi connectivity index (χ4n) is 2.73. The van der Waals surface area contributed by atoms with Gasteiger partial charge in [-0.25, -0.2) is 13.4 Å². The second-order valence-corrected chi connectivity index (χ2v) is 7.83. The van der Waals surface area contributed by atoms with Crippen LogP contribution in [0, 0.1) is 6.92 Å². The molecule has 0 aliphatic rings. The van der Waals surface area contributed by atoms with E-state index in [0.717, 1.165) is 5.56 Å². The molecule has 27 heavy (non-hydrogen) atoms. The standard InChI is InChI=1S/C19H21N3O4S/c1-13-4-9-16(26-3)17(12-13)27(24,25)21-15-7-5-14(6-8-15)18(23)19-20-10-11-22(19)2/h4-12,18,21,23H,1-3H3. The molecule has 0 amide bonds. The number of aliphatic hydroxyl groups is 1. The number of sulfonamides is 1. The second kappa shape index (κ2) is 7.42. The minimum Gasteiger partial charge on any atom is -0.495 e. The average molecular weight is 387 g/mol. The molecule has 7 nitrogen and oxygen atoms in total. The number of hydrogen-bond donors (Lipinski definition) is 2. The van der Waals surface area contributed by atoms with Crippen LogP contribution in [0.1, 0.15) is 23.1 Å². The third kappa shape index (κ3) is 3.96. The first-order valence-electron chi connectivity index (χ1n) is 8.24. The van der Waals surface area contributed by atoms with Crippen LogP contribution < -0.4 is 9.46 Å². The number of aliphatic hydroxyl groups excluding tert-OH is 1. The van der Waals surface area contributed by atoms with E-state index >= 15 is 0 Å². The van der Waals surface area contributed by atoms with E-state index in [2.05, 4.69) is 9.71 Å². The highest BCUT2D eigenvalue weighted by atomic mass is 32.2. The van der Waals surface area contributed by atoms with Crippen LogP contribution in [0.2, 0.25) is 0 Å². The predicted octanol–water partition coefficient (Wildman–Crippen LogP) is 2.62. The van der Waals surface area contributed by atoms with Crippen molar-refractivity contribution in [2.75, 3.05) is 11.8 Å². The van der Waals surface area contributed by atoms with Crippen LogP contribution in [-0.4, -0.2) is 30.2 Å². The molecule has 1 aromatic heterocycles. The van der Waals surface area contributed by atoms with Gasteiger partial charge in [0, 0.05) is 25.1 Å². The number of nitrogens with zero attached hydrogens (tertiary/aromatic N) is 2. The number of imidazole rings is 1. The summed E-state index contributed by atoms with van der Waals surface area (Å²) in [5, 5.41) is 10.4. The number of ether oxygens (including phenoxy) is 1. The molecule has 0 fully saturated rings. The first kappa shape index (κ1) is 18.9. The van der Waals surface area contributed by atoms with Crippen molar-refractivity contribution < 1.29 is 18.3 Å². The fraction of sp³-hybridized carbons (Fsp3) is 0.211.